The van der Waals surface area contributed by atoms with E-state index in [1.165, 1.54) is 4.88 Å². The van der Waals surface area contributed by atoms with Gasteiger partial charge in [-0.2, -0.15) is 0 Å². The van der Waals surface area contributed by atoms with E-state index in [2.05, 4.69) is 37.9 Å². The summed E-state index contributed by atoms with van der Waals surface area (Å²) in [6, 6.07) is 2.06. The van der Waals surface area contributed by atoms with E-state index in [1.54, 1.807) is 11.3 Å². The molecule has 1 aromatic rings. The highest BCUT2D eigenvalue weighted by atomic mass is 79.9. The Balaban J connectivity index is 1.77. The van der Waals surface area contributed by atoms with Crippen molar-refractivity contribution in [2.24, 2.45) is 17.8 Å². The summed E-state index contributed by atoms with van der Waals surface area (Å²) in [6.45, 7) is 1.88. The average Bonchev–Trinajstić information content (AvgIpc) is 2.59. The zero-order chi connectivity index (χ0) is 10.6. The number of alkyl halides is 1. The standard InChI is InChI=1S/C10H9Br2ClOS/c11-9(7-1-6(13)10(12)15-7)8-4-2-14-3-5(4)8/h1,4-5,8-9H,2-3H2. The van der Waals surface area contributed by atoms with Crippen molar-refractivity contribution < 1.29 is 4.74 Å². The van der Waals surface area contributed by atoms with Crippen molar-refractivity contribution in [3.8, 4) is 0 Å². The van der Waals surface area contributed by atoms with Crippen LogP contribution in [0.5, 0.6) is 0 Å². The Morgan fingerprint density at radius 1 is 1.47 bits per heavy atom. The monoisotopic (exact) mass is 370 g/mol. The molecule has 2 aliphatic rings. The first-order chi connectivity index (χ1) is 7.18. The predicted molar refractivity (Wildman–Crippen MR) is 70.0 cm³/mol. The number of hydrogen-bond acceptors (Lipinski definition) is 2. The molecule has 1 nitrogen and oxygen atoms in total. The van der Waals surface area contributed by atoms with Crippen molar-refractivity contribution in [3.05, 3.63) is 19.8 Å². The van der Waals surface area contributed by atoms with Gasteiger partial charge in [0.15, 0.2) is 0 Å². The molecule has 3 atom stereocenters. The Morgan fingerprint density at radius 2 is 2.13 bits per heavy atom. The Morgan fingerprint density at radius 3 is 2.67 bits per heavy atom. The van der Waals surface area contributed by atoms with Crippen LogP contribution in [0, 0.1) is 17.8 Å². The first-order valence-corrected chi connectivity index (χ1v) is 7.75. The fourth-order valence-corrected chi connectivity index (χ4v) is 5.39. The summed E-state index contributed by atoms with van der Waals surface area (Å²) >= 11 is 15.0. The Hall–Kier alpha value is 0.910. The maximum absolute atomic E-state index is 6.04. The lowest BCUT2D eigenvalue weighted by atomic mass is 10.2. The molecule has 0 aromatic carbocycles. The number of fused-ring (bicyclic) bond motifs is 1. The van der Waals surface area contributed by atoms with Gasteiger partial charge in [0.2, 0.25) is 0 Å². The molecule has 1 aliphatic heterocycles. The summed E-state index contributed by atoms with van der Waals surface area (Å²) < 4.78 is 6.43. The van der Waals surface area contributed by atoms with Gasteiger partial charge in [0.05, 0.1) is 26.8 Å². The van der Waals surface area contributed by atoms with Gasteiger partial charge < -0.3 is 4.74 Å². The Kier molecular flexibility index (Phi) is 2.93. The second kappa shape index (κ2) is 3.98. The summed E-state index contributed by atoms with van der Waals surface area (Å²) in [7, 11) is 0. The molecule has 0 bridgehead atoms. The van der Waals surface area contributed by atoms with Gasteiger partial charge in [-0.15, -0.1) is 11.3 Å². The van der Waals surface area contributed by atoms with Gasteiger partial charge in [-0.1, -0.05) is 27.5 Å². The summed E-state index contributed by atoms with van der Waals surface area (Å²) in [6.07, 6.45) is 0. The van der Waals surface area contributed by atoms with E-state index in [0.29, 0.717) is 4.83 Å². The third kappa shape index (κ3) is 1.82. The number of halogens is 3. The minimum atomic E-state index is 0.449. The first kappa shape index (κ1) is 11.0. The maximum atomic E-state index is 6.04. The number of rotatable bonds is 2. The molecule has 0 spiro atoms. The van der Waals surface area contributed by atoms with Crippen molar-refractivity contribution in [3.63, 3.8) is 0 Å². The van der Waals surface area contributed by atoms with E-state index >= 15 is 0 Å². The highest BCUT2D eigenvalue weighted by molar-refractivity contribution is 9.11. The van der Waals surface area contributed by atoms with Crippen molar-refractivity contribution in [1.82, 2.24) is 0 Å². The molecule has 1 saturated heterocycles. The fourth-order valence-electron chi connectivity index (χ4n) is 2.41. The molecule has 3 unspecified atom stereocenters. The molecule has 82 valence electrons. The normalized spacial score (nSPS) is 35.3. The van der Waals surface area contributed by atoms with E-state index in [9.17, 15) is 0 Å². The second-order valence-corrected chi connectivity index (χ2v) is 7.91. The van der Waals surface area contributed by atoms with Gasteiger partial charge in [-0.3, -0.25) is 0 Å². The van der Waals surface area contributed by atoms with Crippen LogP contribution in [0.3, 0.4) is 0 Å². The molecule has 0 amide bonds. The highest BCUT2D eigenvalue weighted by Gasteiger charge is 2.57. The van der Waals surface area contributed by atoms with Gasteiger partial charge in [-0.05, 0) is 39.8 Å². The molecule has 5 heteroatoms. The molecule has 3 rings (SSSR count). The number of ether oxygens (including phenoxy) is 1. The van der Waals surface area contributed by atoms with Crippen LogP contribution in [0.2, 0.25) is 5.02 Å². The molecular weight excluding hydrogens is 363 g/mol. The van der Waals surface area contributed by atoms with Crippen LogP contribution in [-0.2, 0) is 4.74 Å². The van der Waals surface area contributed by atoms with Crippen LogP contribution in [0.15, 0.2) is 9.85 Å². The summed E-state index contributed by atoms with van der Waals surface area (Å²) in [5.74, 6) is 2.29. The topological polar surface area (TPSA) is 9.23 Å². The third-order valence-electron chi connectivity index (χ3n) is 3.29. The average molecular weight is 373 g/mol. The van der Waals surface area contributed by atoms with Gasteiger partial charge in [0, 0.05) is 4.88 Å². The van der Waals surface area contributed by atoms with E-state index in [4.69, 9.17) is 16.3 Å². The summed E-state index contributed by atoms with van der Waals surface area (Å²) in [4.78, 5) is 1.77. The van der Waals surface area contributed by atoms with Crippen molar-refractivity contribution in [1.29, 1.82) is 0 Å². The van der Waals surface area contributed by atoms with E-state index in [1.807, 2.05) is 0 Å². The molecule has 0 N–H and O–H groups in total. The van der Waals surface area contributed by atoms with Crippen LogP contribution in [0.4, 0.5) is 0 Å². The smallest absolute Gasteiger partial charge is 0.0887 e. The molecular formula is C10H9Br2ClOS. The first-order valence-electron chi connectivity index (χ1n) is 4.85. The summed E-state index contributed by atoms with van der Waals surface area (Å²) in [5, 5.41) is 0.821. The quantitative estimate of drug-likeness (QED) is 0.695. The molecule has 1 aliphatic carbocycles. The van der Waals surface area contributed by atoms with E-state index < -0.39 is 0 Å². The second-order valence-electron chi connectivity index (χ2n) is 4.11. The zero-order valence-electron chi connectivity index (χ0n) is 7.75. The Bertz CT molecular complexity index is 365. The zero-order valence-corrected chi connectivity index (χ0v) is 12.5. The molecule has 1 aromatic heterocycles. The minimum absolute atomic E-state index is 0.449. The van der Waals surface area contributed by atoms with Gasteiger partial charge >= 0.3 is 0 Å². The van der Waals surface area contributed by atoms with Crippen molar-refractivity contribution in [2.45, 2.75) is 4.83 Å². The molecule has 0 radical (unpaired) electrons. The molecule has 15 heavy (non-hydrogen) atoms. The lowest BCUT2D eigenvalue weighted by Crippen LogP contribution is -2.02. The lowest BCUT2D eigenvalue weighted by molar-refractivity contribution is 0.151. The van der Waals surface area contributed by atoms with Crippen molar-refractivity contribution >= 4 is 54.8 Å². The van der Waals surface area contributed by atoms with Gasteiger partial charge in [-0.25, -0.2) is 0 Å². The number of hydrogen-bond donors (Lipinski definition) is 0. The van der Waals surface area contributed by atoms with Crippen LogP contribution < -0.4 is 0 Å². The maximum Gasteiger partial charge on any atom is 0.0887 e. The summed E-state index contributed by atoms with van der Waals surface area (Å²) in [5.41, 5.74) is 0. The SMILES string of the molecule is Clc1cc(C(Br)C2C3COCC32)sc1Br. The van der Waals surface area contributed by atoms with E-state index in [0.717, 1.165) is 39.8 Å². The highest BCUT2D eigenvalue weighted by Crippen LogP contribution is 2.60. The van der Waals surface area contributed by atoms with E-state index in [-0.39, 0.29) is 0 Å². The molecule has 1 saturated carbocycles. The number of thiophene rings is 1. The minimum Gasteiger partial charge on any atom is -0.381 e. The van der Waals surface area contributed by atoms with Crippen LogP contribution in [0.1, 0.15) is 9.70 Å². The third-order valence-corrected chi connectivity index (χ3v) is 7.26. The lowest BCUT2D eigenvalue weighted by Gasteiger charge is -2.09. The van der Waals surface area contributed by atoms with Gasteiger partial charge in [0.25, 0.3) is 0 Å². The van der Waals surface area contributed by atoms with Crippen molar-refractivity contribution in [2.75, 3.05) is 13.2 Å². The predicted octanol–water partition coefficient (Wildman–Crippen LogP) is 4.49. The fraction of sp³-hybridized carbons (Fsp3) is 0.600. The van der Waals surface area contributed by atoms with Crippen LogP contribution in [-0.4, -0.2) is 13.2 Å². The largest absolute Gasteiger partial charge is 0.381 e. The molecule has 2 heterocycles. The van der Waals surface area contributed by atoms with Gasteiger partial charge in [0.1, 0.15) is 0 Å². The Labute approximate surface area is 114 Å². The van der Waals surface area contributed by atoms with Crippen LogP contribution >= 0.6 is 54.8 Å². The molecule has 2 fully saturated rings. The van der Waals surface area contributed by atoms with Crippen LogP contribution in [0.25, 0.3) is 0 Å².